The summed E-state index contributed by atoms with van der Waals surface area (Å²) in [6.07, 6.45) is 2.42. The van der Waals surface area contributed by atoms with Crippen LogP contribution in [0.1, 0.15) is 35.2 Å². The molecule has 0 amide bonds. The van der Waals surface area contributed by atoms with Gasteiger partial charge in [-0.15, -0.1) is 0 Å². The fourth-order valence-electron chi connectivity index (χ4n) is 2.80. The van der Waals surface area contributed by atoms with E-state index in [-0.39, 0.29) is 15.8 Å². The fourth-order valence-corrected chi connectivity index (χ4v) is 6.49. The van der Waals surface area contributed by atoms with Crippen LogP contribution >= 0.6 is 15.9 Å². The molecular formula is C15H21BrO4S. The Kier molecular flexibility index (Phi) is 5.20. The number of aryl methyl sites for hydroxylation is 1. The lowest BCUT2D eigenvalue weighted by Crippen LogP contribution is -2.32. The van der Waals surface area contributed by atoms with E-state index in [1.165, 1.54) is 0 Å². The first kappa shape index (κ1) is 16.6. The summed E-state index contributed by atoms with van der Waals surface area (Å²) >= 11 is 3.61. The van der Waals surface area contributed by atoms with Crippen molar-refractivity contribution in [3.63, 3.8) is 0 Å². The summed E-state index contributed by atoms with van der Waals surface area (Å²) in [6, 6.07) is 3.76. The summed E-state index contributed by atoms with van der Waals surface area (Å²) in [7, 11) is 0.130. The molecule has 1 saturated heterocycles. The number of hydrogen-bond donors (Lipinski definition) is 0. The van der Waals surface area contributed by atoms with Crippen LogP contribution in [0.25, 0.3) is 0 Å². The zero-order chi connectivity index (χ0) is 15.6. The van der Waals surface area contributed by atoms with Gasteiger partial charge in [0, 0.05) is 0 Å². The predicted octanol–water partition coefficient (Wildman–Crippen LogP) is 3.42. The zero-order valence-corrected chi connectivity index (χ0v) is 15.0. The Bertz CT molecular complexity index is 612. The molecule has 118 valence electrons. The van der Waals surface area contributed by atoms with Gasteiger partial charge in [0.15, 0.2) is 21.3 Å². The topological polar surface area (TPSA) is 52.6 Å². The van der Waals surface area contributed by atoms with Crippen molar-refractivity contribution in [2.75, 3.05) is 20.0 Å². The molecule has 0 aromatic heterocycles. The first-order valence-corrected chi connectivity index (χ1v) is 9.62. The van der Waals surface area contributed by atoms with Gasteiger partial charge in [-0.05, 0) is 43.0 Å². The van der Waals surface area contributed by atoms with Crippen molar-refractivity contribution in [1.82, 2.24) is 0 Å². The van der Waals surface area contributed by atoms with Gasteiger partial charge in [0.2, 0.25) is 0 Å². The smallest absolute Gasteiger partial charge is 0.161 e. The van der Waals surface area contributed by atoms with Crippen LogP contribution < -0.4 is 9.47 Å². The summed E-state index contributed by atoms with van der Waals surface area (Å²) in [5, 5.41) is -0.372. The maximum atomic E-state index is 12.3. The lowest BCUT2D eigenvalue weighted by Gasteiger charge is -2.28. The van der Waals surface area contributed by atoms with E-state index < -0.39 is 9.84 Å². The van der Waals surface area contributed by atoms with Gasteiger partial charge in [0.1, 0.15) is 0 Å². The second kappa shape index (κ2) is 6.57. The van der Waals surface area contributed by atoms with Crippen LogP contribution in [0.5, 0.6) is 11.5 Å². The molecule has 0 N–H and O–H groups in total. The molecule has 2 rings (SSSR count). The lowest BCUT2D eigenvalue weighted by atomic mass is 10.00. The Morgan fingerprint density at radius 3 is 2.38 bits per heavy atom. The van der Waals surface area contributed by atoms with Crippen LogP contribution in [0.4, 0.5) is 0 Å². The second-order valence-electron chi connectivity index (χ2n) is 5.37. The van der Waals surface area contributed by atoms with Crippen LogP contribution in [-0.2, 0) is 9.84 Å². The van der Waals surface area contributed by atoms with E-state index in [1.54, 1.807) is 14.2 Å². The molecule has 0 radical (unpaired) electrons. The monoisotopic (exact) mass is 376 g/mol. The van der Waals surface area contributed by atoms with Gasteiger partial charge in [-0.2, -0.15) is 0 Å². The van der Waals surface area contributed by atoms with Gasteiger partial charge < -0.3 is 9.47 Å². The van der Waals surface area contributed by atoms with Crippen molar-refractivity contribution >= 4 is 25.8 Å². The highest BCUT2D eigenvalue weighted by Crippen LogP contribution is 2.41. The number of alkyl halides is 1. The molecule has 0 bridgehead atoms. The van der Waals surface area contributed by atoms with E-state index in [4.69, 9.17) is 9.47 Å². The van der Waals surface area contributed by atoms with Crippen molar-refractivity contribution in [1.29, 1.82) is 0 Å². The number of hydrogen-bond acceptors (Lipinski definition) is 4. The van der Waals surface area contributed by atoms with Gasteiger partial charge >= 0.3 is 0 Å². The summed E-state index contributed by atoms with van der Waals surface area (Å²) in [5.74, 6) is 1.56. The minimum Gasteiger partial charge on any atom is -0.493 e. The van der Waals surface area contributed by atoms with E-state index in [0.29, 0.717) is 17.9 Å². The molecule has 2 atom stereocenters. The molecule has 6 heteroatoms. The SMILES string of the molecule is COc1cc(C)c(C(Br)C2CCCCS2(=O)=O)cc1OC. The van der Waals surface area contributed by atoms with Gasteiger partial charge in [-0.1, -0.05) is 22.4 Å². The standard InChI is InChI=1S/C15H21BrO4S/c1-10-8-12(19-2)13(20-3)9-11(10)15(16)14-6-4-5-7-21(14,17)18/h8-9,14-15H,4-7H2,1-3H3. The molecule has 0 spiro atoms. The highest BCUT2D eigenvalue weighted by atomic mass is 79.9. The average Bonchev–Trinajstić information content (AvgIpc) is 2.45. The third kappa shape index (κ3) is 3.37. The molecule has 21 heavy (non-hydrogen) atoms. The van der Waals surface area contributed by atoms with E-state index in [0.717, 1.165) is 24.0 Å². The quantitative estimate of drug-likeness (QED) is 0.755. The van der Waals surface area contributed by atoms with Crippen LogP contribution in [0, 0.1) is 6.92 Å². The van der Waals surface area contributed by atoms with Crippen molar-refractivity contribution in [3.8, 4) is 11.5 Å². The molecular weight excluding hydrogens is 356 g/mol. The average molecular weight is 377 g/mol. The summed E-state index contributed by atoms with van der Waals surface area (Å²) in [6.45, 7) is 1.96. The normalized spacial score (nSPS) is 22.6. The van der Waals surface area contributed by atoms with Gasteiger partial charge in [0.25, 0.3) is 0 Å². The van der Waals surface area contributed by atoms with E-state index in [9.17, 15) is 8.42 Å². The number of methoxy groups -OCH3 is 2. The largest absolute Gasteiger partial charge is 0.493 e. The second-order valence-corrected chi connectivity index (χ2v) is 8.69. The fraction of sp³-hybridized carbons (Fsp3) is 0.600. The Labute approximate surface area is 134 Å². The Morgan fingerprint density at radius 1 is 1.19 bits per heavy atom. The molecule has 1 fully saturated rings. The Hall–Kier alpha value is -0.750. The number of benzene rings is 1. The summed E-state index contributed by atoms with van der Waals surface area (Å²) in [5.41, 5.74) is 1.94. The molecule has 1 aromatic carbocycles. The highest BCUT2D eigenvalue weighted by molar-refractivity contribution is 9.09. The van der Waals surface area contributed by atoms with Crippen LogP contribution in [0.3, 0.4) is 0 Å². The van der Waals surface area contributed by atoms with Gasteiger partial charge in [0.05, 0.1) is 30.0 Å². The first-order chi connectivity index (χ1) is 9.90. The molecule has 1 heterocycles. The molecule has 2 unspecified atom stereocenters. The Morgan fingerprint density at radius 2 is 1.81 bits per heavy atom. The van der Waals surface area contributed by atoms with Crippen molar-refractivity contribution < 1.29 is 17.9 Å². The molecule has 0 aliphatic carbocycles. The number of ether oxygens (including phenoxy) is 2. The molecule has 1 aliphatic rings. The molecule has 4 nitrogen and oxygen atoms in total. The number of rotatable bonds is 4. The van der Waals surface area contributed by atoms with Crippen LogP contribution in [0.2, 0.25) is 0 Å². The van der Waals surface area contributed by atoms with Crippen molar-refractivity contribution in [3.05, 3.63) is 23.3 Å². The van der Waals surface area contributed by atoms with Crippen molar-refractivity contribution in [2.45, 2.75) is 36.3 Å². The molecule has 0 saturated carbocycles. The van der Waals surface area contributed by atoms with Crippen molar-refractivity contribution in [2.24, 2.45) is 0 Å². The maximum Gasteiger partial charge on any atom is 0.161 e. The van der Waals surface area contributed by atoms with E-state index >= 15 is 0 Å². The first-order valence-electron chi connectivity index (χ1n) is 6.99. The van der Waals surface area contributed by atoms with Crippen LogP contribution in [0.15, 0.2) is 12.1 Å². The Balaban J connectivity index is 2.41. The predicted molar refractivity (Wildman–Crippen MR) is 87.4 cm³/mol. The number of sulfone groups is 1. The molecule has 1 aromatic rings. The number of halogens is 1. The summed E-state index contributed by atoms with van der Waals surface area (Å²) in [4.78, 5) is -0.220. The highest BCUT2D eigenvalue weighted by Gasteiger charge is 2.36. The third-order valence-corrected chi connectivity index (χ3v) is 7.79. The lowest BCUT2D eigenvalue weighted by molar-refractivity contribution is 0.354. The molecule has 1 aliphatic heterocycles. The third-order valence-electron chi connectivity index (χ3n) is 4.02. The zero-order valence-electron chi connectivity index (χ0n) is 12.6. The van der Waals surface area contributed by atoms with E-state index in [1.807, 2.05) is 19.1 Å². The maximum absolute atomic E-state index is 12.3. The van der Waals surface area contributed by atoms with Crippen LogP contribution in [-0.4, -0.2) is 33.6 Å². The van der Waals surface area contributed by atoms with Gasteiger partial charge in [-0.3, -0.25) is 0 Å². The summed E-state index contributed by atoms with van der Waals surface area (Å²) < 4.78 is 35.2. The van der Waals surface area contributed by atoms with E-state index in [2.05, 4.69) is 15.9 Å². The van der Waals surface area contributed by atoms with Gasteiger partial charge in [-0.25, -0.2) is 8.42 Å². The minimum absolute atomic E-state index is 0.220. The minimum atomic E-state index is -3.04.